The number of hydrogen-bond donors (Lipinski definition) is 3. The van der Waals surface area contributed by atoms with E-state index in [0.29, 0.717) is 18.7 Å². The van der Waals surface area contributed by atoms with Crippen LogP contribution in [-0.2, 0) is 4.79 Å². The maximum atomic E-state index is 12.2. The van der Waals surface area contributed by atoms with Gasteiger partial charge in [-0.25, -0.2) is 9.78 Å². The molecule has 1 saturated carbocycles. The van der Waals surface area contributed by atoms with E-state index in [0.717, 1.165) is 22.7 Å². The summed E-state index contributed by atoms with van der Waals surface area (Å²) in [6.45, 7) is 4.07. The van der Waals surface area contributed by atoms with E-state index in [2.05, 4.69) is 20.9 Å². The van der Waals surface area contributed by atoms with Crippen molar-refractivity contribution in [3.63, 3.8) is 0 Å². The second-order valence-electron chi connectivity index (χ2n) is 5.82. The van der Waals surface area contributed by atoms with Gasteiger partial charge in [-0.05, 0) is 26.7 Å². The van der Waals surface area contributed by atoms with Crippen molar-refractivity contribution in [1.29, 1.82) is 0 Å². The molecule has 1 spiro atoms. The van der Waals surface area contributed by atoms with E-state index in [1.54, 1.807) is 0 Å². The molecule has 8 heteroatoms. The van der Waals surface area contributed by atoms with Crippen LogP contribution in [0.2, 0.25) is 0 Å². The van der Waals surface area contributed by atoms with Crippen molar-refractivity contribution in [2.24, 2.45) is 5.92 Å². The minimum Gasteiger partial charge on any atom is -0.350 e. The van der Waals surface area contributed by atoms with Gasteiger partial charge >= 0.3 is 6.03 Å². The minimum atomic E-state index is -0.864. The zero-order valence-corrected chi connectivity index (χ0v) is 13.3. The van der Waals surface area contributed by atoms with E-state index in [-0.39, 0.29) is 17.7 Å². The van der Waals surface area contributed by atoms with Crippen LogP contribution in [-0.4, -0.2) is 34.9 Å². The Bertz CT molecular complexity index is 657. The summed E-state index contributed by atoms with van der Waals surface area (Å²) in [4.78, 5) is 40.8. The lowest BCUT2D eigenvalue weighted by atomic mass is 9.87. The molecule has 1 aromatic rings. The third-order valence-corrected chi connectivity index (χ3v) is 5.30. The normalized spacial score (nSPS) is 27.1. The summed E-state index contributed by atoms with van der Waals surface area (Å²) in [5.41, 5.74) is -0.424. The van der Waals surface area contributed by atoms with Crippen molar-refractivity contribution in [3.8, 4) is 0 Å². The van der Waals surface area contributed by atoms with Crippen LogP contribution in [0, 0.1) is 19.8 Å². The summed E-state index contributed by atoms with van der Waals surface area (Å²) in [6, 6.07) is -0.450. The zero-order valence-electron chi connectivity index (χ0n) is 12.5. The molecule has 7 nitrogen and oxygen atoms in total. The Kier molecular flexibility index (Phi) is 3.64. The van der Waals surface area contributed by atoms with Gasteiger partial charge in [0.1, 0.15) is 11.2 Å². The van der Waals surface area contributed by atoms with Gasteiger partial charge in [-0.3, -0.25) is 14.9 Å². The lowest BCUT2D eigenvalue weighted by Gasteiger charge is -2.28. The van der Waals surface area contributed by atoms with Crippen LogP contribution >= 0.6 is 11.3 Å². The van der Waals surface area contributed by atoms with Gasteiger partial charge in [0.15, 0.2) is 0 Å². The molecule has 1 aliphatic heterocycles. The van der Waals surface area contributed by atoms with Crippen molar-refractivity contribution in [2.75, 3.05) is 6.54 Å². The number of amides is 4. The zero-order chi connectivity index (χ0) is 15.9. The number of imide groups is 1. The number of nitrogens with one attached hydrogen (secondary N) is 3. The summed E-state index contributed by atoms with van der Waals surface area (Å²) in [5.74, 6) is -0.605. The molecule has 0 unspecified atom stereocenters. The highest BCUT2D eigenvalue weighted by Gasteiger charge is 2.54. The molecule has 2 aliphatic rings. The van der Waals surface area contributed by atoms with E-state index < -0.39 is 11.6 Å². The molecule has 0 bridgehead atoms. The Morgan fingerprint density at radius 3 is 2.82 bits per heavy atom. The second-order valence-corrected chi connectivity index (χ2v) is 7.22. The Balaban J connectivity index is 1.68. The third-order valence-electron chi connectivity index (χ3n) is 4.42. The Morgan fingerprint density at radius 1 is 1.45 bits per heavy atom. The van der Waals surface area contributed by atoms with Gasteiger partial charge in [-0.2, -0.15) is 0 Å². The number of urea groups is 1. The van der Waals surface area contributed by atoms with Crippen LogP contribution in [0.15, 0.2) is 0 Å². The largest absolute Gasteiger partial charge is 0.350 e. The Morgan fingerprint density at radius 2 is 2.23 bits per heavy atom. The average molecular weight is 322 g/mol. The van der Waals surface area contributed by atoms with Crippen LogP contribution in [0.5, 0.6) is 0 Å². The fourth-order valence-electron chi connectivity index (χ4n) is 3.36. The topological polar surface area (TPSA) is 100 Å². The molecule has 2 heterocycles. The van der Waals surface area contributed by atoms with Crippen molar-refractivity contribution in [1.82, 2.24) is 20.9 Å². The number of hydrogen-bond acceptors (Lipinski definition) is 5. The van der Waals surface area contributed by atoms with E-state index in [4.69, 9.17) is 0 Å². The number of aromatic nitrogens is 1. The summed E-state index contributed by atoms with van der Waals surface area (Å²) in [7, 11) is 0. The van der Waals surface area contributed by atoms with Gasteiger partial charge in [0, 0.05) is 17.3 Å². The van der Waals surface area contributed by atoms with E-state index >= 15 is 0 Å². The lowest BCUT2D eigenvalue weighted by Crippen LogP contribution is -2.53. The Labute approximate surface area is 131 Å². The van der Waals surface area contributed by atoms with Gasteiger partial charge in [-0.1, -0.05) is 6.42 Å². The van der Waals surface area contributed by atoms with Gasteiger partial charge in [0.25, 0.3) is 11.8 Å². The molecule has 3 N–H and O–H groups in total. The maximum Gasteiger partial charge on any atom is 0.322 e. The highest BCUT2D eigenvalue weighted by molar-refractivity contribution is 7.11. The summed E-state index contributed by atoms with van der Waals surface area (Å²) < 4.78 is 0. The average Bonchev–Trinajstić information content (AvgIpc) is 3.08. The van der Waals surface area contributed by atoms with Crippen LogP contribution < -0.4 is 16.0 Å². The summed E-state index contributed by atoms with van der Waals surface area (Å²) in [5, 5.41) is 8.75. The van der Waals surface area contributed by atoms with E-state index in [1.165, 1.54) is 11.3 Å². The number of thiazole rings is 1. The Hall–Kier alpha value is -1.96. The first-order valence-corrected chi connectivity index (χ1v) is 8.10. The number of aryl methyl sites for hydroxylation is 2. The molecular formula is C14H18N4O3S. The summed E-state index contributed by atoms with van der Waals surface area (Å²) >= 11 is 1.48. The van der Waals surface area contributed by atoms with Crippen molar-refractivity contribution in [3.05, 3.63) is 15.6 Å². The fraction of sp³-hybridized carbons (Fsp3) is 0.571. The van der Waals surface area contributed by atoms with Crippen LogP contribution in [0.3, 0.4) is 0 Å². The molecular weight excluding hydrogens is 304 g/mol. The van der Waals surface area contributed by atoms with E-state index in [1.807, 2.05) is 13.8 Å². The van der Waals surface area contributed by atoms with Gasteiger partial charge < -0.3 is 10.6 Å². The molecule has 1 aromatic heterocycles. The molecule has 2 fully saturated rings. The maximum absolute atomic E-state index is 12.2. The number of nitrogens with zero attached hydrogens (tertiary/aromatic N) is 1. The molecule has 22 heavy (non-hydrogen) atoms. The first-order chi connectivity index (χ1) is 10.4. The molecule has 0 aromatic carbocycles. The van der Waals surface area contributed by atoms with Gasteiger partial charge in [0.05, 0.1) is 5.01 Å². The highest BCUT2D eigenvalue weighted by atomic mass is 32.1. The number of rotatable bonds is 3. The standard InChI is InChI=1S/C14H18N4O3S/c1-7-10(16-8(2)22-7)11(19)15-6-9-4-3-5-14(9)12(20)17-13(21)18-14/h9H,3-6H2,1-2H3,(H,15,19)(H2,17,18,20,21)/t9-,14-/m1/s1. The van der Waals surface area contributed by atoms with Gasteiger partial charge in [-0.15, -0.1) is 11.3 Å². The number of carbonyl (C=O) groups is 3. The monoisotopic (exact) mass is 322 g/mol. The van der Waals surface area contributed by atoms with E-state index in [9.17, 15) is 14.4 Å². The molecule has 1 aliphatic carbocycles. The van der Waals surface area contributed by atoms with Crippen molar-refractivity contribution < 1.29 is 14.4 Å². The fourth-order valence-corrected chi connectivity index (χ4v) is 4.18. The third kappa shape index (κ3) is 2.37. The lowest BCUT2D eigenvalue weighted by molar-refractivity contribution is -0.125. The van der Waals surface area contributed by atoms with Crippen LogP contribution in [0.4, 0.5) is 4.79 Å². The first kappa shape index (κ1) is 15.0. The first-order valence-electron chi connectivity index (χ1n) is 7.28. The predicted octanol–water partition coefficient (Wildman–Crippen LogP) is 0.868. The molecule has 118 valence electrons. The molecule has 0 radical (unpaired) electrons. The van der Waals surface area contributed by atoms with Crippen LogP contribution in [0.1, 0.15) is 39.6 Å². The quantitative estimate of drug-likeness (QED) is 0.719. The SMILES string of the molecule is Cc1nc(C(=O)NC[C@H]2CCC[C@@]23NC(=O)NC3=O)c(C)s1. The highest BCUT2D eigenvalue weighted by Crippen LogP contribution is 2.37. The second kappa shape index (κ2) is 5.35. The van der Waals surface area contributed by atoms with Crippen LogP contribution in [0.25, 0.3) is 0 Å². The smallest absolute Gasteiger partial charge is 0.322 e. The molecule has 4 amide bonds. The number of carbonyl (C=O) groups excluding carboxylic acids is 3. The molecule has 3 rings (SSSR count). The molecule has 1 saturated heterocycles. The minimum absolute atomic E-state index is 0.0945. The van der Waals surface area contributed by atoms with Crippen molar-refractivity contribution >= 4 is 29.2 Å². The van der Waals surface area contributed by atoms with Crippen molar-refractivity contribution in [2.45, 2.75) is 38.6 Å². The summed E-state index contributed by atoms with van der Waals surface area (Å²) in [6.07, 6.45) is 2.26. The predicted molar refractivity (Wildman–Crippen MR) is 80.7 cm³/mol. The molecule has 2 atom stereocenters. The van der Waals surface area contributed by atoms with Gasteiger partial charge in [0.2, 0.25) is 0 Å².